The number of aromatic nitrogens is 3. The predicted molar refractivity (Wildman–Crippen MR) is 154 cm³/mol. The van der Waals surface area contributed by atoms with Gasteiger partial charge in [0.15, 0.2) is 5.69 Å². The third-order valence-electron chi connectivity index (χ3n) is 6.11. The monoisotopic (exact) mass is 589 g/mol. The summed E-state index contributed by atoms with van der Waals surface area (Å²) >= 11 is 3.60. The van der Waals surface area contributed by atoms with E-state index >= 15 is 0 Å². The van der Waals surface area contributed by atoms with Crippen molar-refractivity contribution >= 4 is 27.7 Å². The zero-order valence-corrected chi connectivity index (χ0v) is 24.2. The van der Waals surface area contributed by atoms with Crippen molar-refractivity contribution in [1.82, 2.24) is 25.6 Å². The molecule has 0 aliphatic heterocycles. The summed E-state index contributed by atoms with van der Waals surface area (Å²) in [6.45, 7) is 7.86. The maximum absolute atomic E-state index is 14.4. The molecule has 0 bridgehead atoms. The lowest BCUT2D eigenvalue weighted by Crippen LogP contribution is -2.49. The highest BCUT2D eigenvalue weighted by molar-refractivity contribution is 9.10. The van der Waals surface area contributed by atoms with Gasteiger partial charge in [0.2, 0.25) is 5.91 Å². The Labute approximate surface area is 236 Å². The average Bonchev–Trinajstić information content (AvgIpc) is 3.39. The predicted octanol–water partition coefficient (Wildman–Crippen LogP) is 5.85. The van der Waals surface area contributed by atoms with Gasteiger partial charge in [0.25, 0.3) is 5.91 Å². The molecule has 4 rings (SSSR count). The summed E-state index contributed by atoms with van der Waals surface area (Å²) in [6, 6.07) is 21.6. The maximum atomic E-state index is 14.4. The molecule has 2 N–H and O–H groups in total. The SMILES string of the molecule is COc1ccc(CN(C(=O)c2n[nH]nc2-c2ccc(C)cc2)C(C(=O)NC(C)(C)C)c2ccccc2Br)cc1. The van der Waals surface area contributed by atoms with Crippen molar-refractivity contribution in [1.29, 1.82) is 0 Å². The lowest BCUT2D eigenvalue weighted by molar-refractivity contribution is -0.127. The highest BCUT2D eigenvalue weighted by atomic mass is 79.9. The summed E-state index contributed by atoms with van der Waals surface area (Å²) in [4.78, 5) is 29.8. The number of carbonyl (C=O) groups excluding carboxylic acids is 2. The van der Waals surface area contributed by atoms with E-state index in [1.165, 1.54) is 0 Å². The molecule has 0 saturated carbocycles. The zero-order valence-electron chi connectivity index (χ0n) is 22.7. The number of carbonyl (C=O) groups is 2. The summed E-state index contributed by atoms with van der Waals surface area (Å²) in [6.07, 6.45) is 0. The first kappa shape index (κ1) is 28.0. The van der Waals surface area contributed by atoms with Crippen LogP contribution in [-0.4, -0.2) is 44.8 Å². The van der Waals surface area contributed by atoms with Gasteiger partial charge < -0.3 is 15.0 Å². The molecule has 0 spiro atoms. The number of methoxy groups -OCH3 is 1. The van der Waals surface area contributed by atoms with Gasteiger partial charge in [0, 0.05) is 22.1 Å². The topological polar surface area (TPSA) is 100 Å². The van der Waals surface area contributed by atoms with E-state index in [1.807, 2.05) is 100 Å². The molecular formula is C30H32BrN5O3. The Balaban J connectivity index is 1.85. The molecule has 1 unspecified atom stereocenters. The highest BCUT2D eigenvalue weighted by Gasteiger charge is 2.37. The number of halogens is 1. The number of nitrogens with zero attached hydrogens (tertiary/aromatic N) is 3. The quantitative estimate of drug-likeness (QED) is 0.268. The Kier molecular flexibility index (Phi) is 8.50. The fourth-order valence-electron chi connectivity index (χ4n) is 4.22. The number of hydrogen-bond acceptors (Lipinski definition) is 5. The number of benzene rings is 3. The van der Waals surface area contributed by atoms with Gasteiger partial charge in [-0.2, -0.15) is 15.4 Å². The van der Waals surface area contributed by atoms with Crippen molar-refractivity contribution in [3.8, 4) is 17.0 Å². The van der Waals surface area contributed by atoms with Crippen LogP contribution in [-0.2, 0) is 11.3 Å². The molecule has 0 saturated heterocycles. The van der Waals surface area contributed by atoms with Crippen LogP contribution in [0.25, 0.3) is 11.3 Å². The van der Waals surface area contributed by atoms with Crippen LogP contribution in [0.15, 0.2) is 77.3 Å². The Morgan fingerprint density at radius 1 is 1.00 bits per heavy atom. The van der Waals surface area contributed by atoms with Crippen LogP contribution in [0.4, 0.5) is 0 Å². The molecular weight excluding hydrogens is 558 g/mol. The fraction of sp³-hybridized carbons (Fsp3) is 0.267. The van der Waals surface area contributed by atoms with Crippen molar-refractivity contribution in [2.75, 3.05) is 7.11 Å². The molecule has 3 aromatic carbocycles. The number of amides is 2. The molecule has 1 heterocycles. The van der Waals surface area contributed by atoms with Gasteiger partial charge in [-0.25, -0.2) is 0 Å². The molecule has 1 atom stereocenters. The molecule has 2 amide bonds. The molecule has 9 heteroatoms. The van der Waals surface area contributed by atoms with Crippen molar-refractivity contribution in [3.05, 3.63) is 99.7 Å². The third-order valence-corrected chi connectivity index (χ3v) is 6.83. The van der Waals surface area contributed by atoms with Crippen LogP contribution in [0.1, 0.15) is 54.0 Å². The molecule has 8 nitrogen and oxygen atoms in total. The van der Waals surface area contributed by atoms with Gasteiger partial charge >= 0.3 is 0 Å². The van der Waals surface area contributed by atoms with Gasteiger partial charge in [-0.15, -0.1) is 0 Å². The van der Waals surface area contributed by atoms with E-state index < -0.39 is 17.5 Å². The number of aromatic amines is 1. The van der Waals surface area contributed by atoms with Crippen LogP contribution < -0.4 is 10.1 Å². The van der Waals surface area contributed by atoms with Gasteiger partial charge in [0.05, 0.1) is 7.11 Å². The molecule has 202 valence electrons. The van der Waals surface area contributed by atoms with E-state index in [0.29, 0.717) is 21.5 Å². The van der Waals surface area contributed by atoms with Crippen molar-refractivity contribution in [2.45, 2.75) is 45.8 Å². The number of ether oxygens (including phenoxy) is 1. The molecule has 4 aromatic rings. The Hall–Kier alpha value is -3.98. The summed E-state index contributed by atoms with van der Waals surface area (Å²) in [5.41, 5.74) is 3.34. The number of hydrogen-bond donors (Lipinski definition) is 2. The van der Waals surface area contributed by atoms with Crippen LogP contribution in [0, 0.1) is 6.92 Å². The van der Waals surface area contributed by atoms with Crippen molar-refractivity contribution < 1.29 is 14.3 Å². The van der Waals surface area contributed by atoms with Gasteiger partial charge in [0.1, 0.15) is 17.5 Å². The summed E-state index contributed by atoms with van der Waals surface area (Å²) in [5, 5.41) is 14.2. The van der Waals surface area contributed by atoms with Crippen LogP contribution in [0.3, 0.4) is 0 Å². The number of rotatable bonds is 8. The summed E-state index contributed by atoms with van der Waals surface area (Å²) in [7, 11) is 1.60. The van der Waals surface area contributed by atoms with E-state index in [1.54, 1.807) is 12.0 Å². The second kappa shape index (κ2) is 11.8. The Bertz CT molecular complexity index is 1440. The Morgan fingerprint density at radius 2 is 1.67 bits per heavy atom. The first-order chi connectivity index (χ1) is 18.6. The third kappa shape index (κ3) is 6.72. The number of nitrogens with one attached hydrogen (secondary N) is 2. The van der Waals surface area contributed by atoms with E-state index in [9.17, 15) is 9.59 Å². The fourth-order valence-corrected chi connectivity index (χ4v) is 4.72. The first-order valence-electron chi connectivity index (χ1n) is 12.6. The highest BCUT2D eigenvalue weighted by Crippen LogP contribution is 2.33. The molecule has 0 aliphatic rings. The summed E-state index contributed by atoms with van der Waals surface area (Å²) in [5.74, 6) is -0.0424. The second-order valence-corrected chi connectivity index (χ2v) is 11.2. The van der Waals surface area contributed by atoms with Crippen molar-refractivity contribution in [3.63, 3.8) is 0 Å². The van der Waals surface area contributed by atoms with E-state index in [0.717, 1.165) is 16.7 Å². The Morgan fingerprint density at radius 3 is 2.28 bits per heavy atom. The van der Waals surface area contributed by atoms with Crippen molar-refractivity contribution in [2.24, 2.45) is 0 Å². The minimum atomic E-state index is -0.961. The largest absolute Gasteiger partial charge is 0.497 e. The average molecular weight is 591 g/mol. The lowest BCUT2D eigenvalue weighted by Gasteiger charge is -2.34. The molecule has 0 radical (unpaired) electrons. The normalized spacial score (nSPS) is 12.1. The van der Waals surface area contributed by atoms with Gasteiger partial charge in [-0.05, 0) is 57.0 Å². The van der Waals surface area contributed by atoms with Crippen LogP contribution in [0.5, 0.6) is 5.75 Å². The van der Waals surface area contributed by atoms with Crippen LogP contribution >= 0.6 is 15.9 Å². The van der Waals surface area contributed by atoms with E-state index in [-0.39, 0.29) is 18.1 Å². The van der Waals surface area contributed by atoms with Gasteiger partial charge in [-0.1, -0.05) is 76.1 Å². The molecule has 39 heavy (non-hydrogen) atoms. The van der Waals surface area contributed by atoms with E-state index in [4.69, 9.17) is 4.74 Å². The molecule has 0 fully saturated rings. The van der Waals surface area contributed by atoms with Crippen LogP contribution in [0.2, 0.25) is 0 Å². The lowest BCUT2D eigenvalue weighted by atomic mass is 9.99. The molecule has 0 aliphatic carbocycles. The minimum absolute atomic E-state index is 0.132. The smallest absolute Gasteiger partial charge is 0.277 e. The standard InChI is InChI=1S/C30H32BrN5O3/c1-19-10-14-21(15-11-19)25-26(34-35-33-25)29(38)36(18-20-12-16-22(39-5)17-13-20)27(28(37)32-30(2,3)4)23-8-6-7-9-24(23)31/h6-17,27H,18H2,1-5H3,(H,32,37)(H,33,34,35). The number of aryl methyl sites for hydroxylation is 1. The maximum Gasteiger partial charge on any atom is 0.277 e. The minimum Gasteiger partial charge on any atom is -0.497 e. The summed E-state index contributed by atoms with van der Waals surface area (Å²) < 4.78 is 6.02. The zero-order chi connectivity index (χ0) is 28.2. The number of H-pyrrole nitrogens is 1. The molecule has 1 aromatic heterocycles. The van der Waals surface area contributed by atoms with E-state index in [2.05, 4.69) is 36.7 Å². The first-order valence-corrected chi connectivity index (χ1v) is 13.3. The second-order valence-electron chi connectivity index (χ2n) is 10.3. The van der Waals surface area contributed by atoms with Gasteiger partial charge in [-0.3, -0.25) is 9.59 Å².